The van der Waals surface area contributed by atoms with Crippen LogP contribution in [0.3, 0.4) is 0 Å². The number of alkyl halides is 2. The van der Waals surface area contributed by atoms with E-state index in [9.17, 15) is 13.6 Å². The predicted molar refractivity (Wildman–Crippen MR) is 33.6 cm³/mol. The first-order chi connectivity index (χ1) is 5.09. The summed E-state index contributed by atoms with van der Waals surface area (Å²) in [6, 6.07) is 0. The highest BCUT2D eigenvalue weighted by molar-refractivity contribution is 5.76. The fourth-order valence-corrected chi connectivity index (χ4v) is 1.17. The van der Waals surface area contributed by atoms with Crippen molar-refractivity contribution in [1.29, 1.82) is 0 Å². The van der Waals surface area contributed by atoms with Gasteiger partial charge in [0, 0.05) is 6.54 Å². The molecule has 0 radical (unpaired) electrons. The molecule has 0 amide bonds. The lowest BCUT2D eigenvalue weighted by Gasteiger charge is -2.20. The van der Waals surface area contributed by atoms with E-state index in [4.69, 9.17) is 5.11 Å². The van der Waals surface area contributed by atoms with E-state index in [1.54, 1.807) is 0 Å². The number of hydrogen-bond acceptors (Lipinski definition) is 2. The van der Waals surface area contributed by atoms with Crippen LogP contribution in [0.15, 0.2) is 0 Å². The van der Waals surface area contributed by atoms with Gasteiger partial charge in [0.1, 0.15) is 5.41 Å². The summed E-state index contributed by atoms with van der Waals surface area (Å²) >= 11 is 0. The zero-order valence-corrected chi connectivity index (χ0v) is 5.81. The van der Waals surface area contributed by atoms with E-state index in [2.05, 4.69) is 5.32 Å². The Morgan fingerprint density at radius 1 is 1.64 bits per heavy atom. The summed E-state index contributed by atoms with van der Waals surface area (Å²) in [5, 5.41) is 11.1. The van der Waals surface area contributed by atoms with Crippen molar-refractivity contribution in [3.63, 3.8) is 0 Å². The van der Waals surface area contributed by atoms with Crippen LogP contribution in [0.1, 0.15) is 6.42 Å². The summed E-state index contributed by atoms with van der Waals surface area (Å²) < 4.78 is 24.4. The fraction of sp³-hybridized carbons (Fsp3) is 0.833. The van der Waals surface area contributed by atoms with Gasteiger partial charge in [-0.05, 0) is 13.0 Å². The van der Waals surface area contributed by atoms with Crippen LogP contribution in [0, 0.1) is 5.41 Å². The van der Waals surface area contributed by atoms with Crippen molar-refractivity contribution in [3.05, 3.63) is 0 Å². The van der Waals surface area contributed by atoms with Gasteiger partial charge in [0.15, 0.2) is 0 Å². The Hall–Kier alpha value is -0.710. The topological polar surface area (TPSA) is 49.3 Å². The molecule has 64 valence electrons. The Morgan fingerprint density at radius 3 is 2.45 bits per heavy atom. The molecule has 5 heteroatoms. The normalized spacial score (nSPS) is 31.2. The number of carboxylic acid groups (broad SMARTS) is 1. The van der Waals surface area contributed by atoms with Crippen molar-refractivity contribution in [2.24, 2.45) is 5.41 Å². The molecule has 1 fully saturated rings. The Morgan fingerprint density at radius 2 is 2.27 bits per heavy atom. The number of rotatable bonds is 2. The summed E-state index contributed by atoms with van der Waals surface area (Å²) in [6.45, 7) is 0.233. The number of aliphatic carboxylic acids is 1. The average molecular weight is 165 g/mol. The van der Waals surface area contributed by atoms with Crippen LogP contribution in [0.5, 0.6) is 0 Å². The molecule has 1 unspecified atom stereocenters. The van der Waals surface area contributed by atoms with Crippen LogP contribution in [0.25, 0.3) is 0 Å². The maximum Gasteiger partial charge on any atom is 0.316 e. The van der Waals surface area contributed by atoms with Crippen molar-refractivity contribution in [2.75, 3.05) is 13.1 Å². The van der Waals surface area contributed by atoms with Crippen LogP contribution >= 0.6 is 0 Å². The van der Waals surface area contributed by atoms with E-state index in [1.807, 2.05) is 0 Å². The molecule has 1 atom stereocenters. The lowest BCUT2D eigenvalue weighted by atomic mass is 9.88. The van der Waals surface area contributed by atoms with Gasteiger partial charge in [-0.25, -0.2) is 8.78 Å². The van der Waals surface area contributed by atoms with E-state index in [1.165, 1.54) is 0 Å². The zero-order valence-electron chi connectivity index (χ0n) is 5.81. The van der Waals surface area contributed by atoms with Gasteiger partial charge in [-0.3, -0.25) is 4.79 Å². The summed E-state index contributed by atoms with van der Waals surface area (Å²) in [6.07, 6.45) is -2.77. The monoisotopic (exact) mass is 165 g/mol. The third-order valence-electron chi connectivity index (χ3n) is 2.03. The van der Waals surface area contributed by atoms with Crippen LogP contribution in [0.4, 0.5) is 8.78 Å². The minimum Gasteiger partial charge on any atom is -0.481 e. The third-order valence-corrected chi connectivity index (χ3v) is 2.03. The zero-order chi connectivity index (χ0) is 8.48. The van der Waals surface area contributed by atoms with E-state index in [-0.39, 0.29) is 13.0 Å². The molecule has 0 saturated carbocycles. The minimum atomic E-state index is -2.78. The van der Waals surface area contributed by atoms with Crippen LogP contribution in [0.2, 0.25) is 0 Å². The predicted octanol–water partition coefficient (Wildman–Crippen LogP) is 0.316. The van der Waals surface area contributed by atoms with E-state index in [0.29, 0.717) is 6.54 Å². The number of nitrogens with one attached hydrogen (secondary N) is 1. The molecule has 1 rings (SSSR count). The second kappa shape index (κ2) is 2.73. The van der Waals surface area contributed by atoms with Gasteiger partial charge in [0.2, 0.25) is 0 Å². The molecular formula is C6H9F2NO2. The maximum atomic E-state index is 12.2. The lowest BCUT2D eigenvalue weighted by molar-refractivity contribution is -0.157. The number of carbonyl (C=O) groups is 1. The molecule has 1 aliphatic heterocycles. The second-order valence-electron chi connectivity index (χ2n) is 2.69. The van der Waals surface area contributed by atoms with Gasteiger partial charge in [0.25, 0.3) is 6.43 Å². The average Bonchev–Trinajstić information content (AvgIpc) is 2.34. The summed E-state index contributed by atoms with van der Waals surface area (Å²) in [5.41, 5.74) is -1.83. The quantitative estimate of drug-likeness (QED) is 0.619. The standard InChI is InChI=1S/C6H9F2NO2/c7-4(8)6(5(10)11)1-2-9-3-6/h4,9H,1-3H2,(H,10,11). The molecule has 2 N–H and O–H groups in total. The van der Waals surface area contributed by atoms with Gasteiger partial charge < -0.3 is 10.4 Å². The van der Waals surface area contributed by atoms with Crippen LogP contribution < -0.4 is 5.32 Å². The highest BCUT2D eigenvalue weighted by Crippen LogP contribution is 2.32. The summed E-state index contributed by atoms with van der Waals surface area (Å²) in [5.74, 6) is -1.41. The van der Waals surface area contributed by atoms with Gasteiger partial charge in [-0.15, -0.1) is 0 Å². The van der Waals surface area contributed by atoms with Gasteiger partial charge in [-0.2, -0.15) is 0 Å². The maximum absolute atomic E-state index is 12.2. The highest BCUT2D eigenvalue weighted by atomic mass is 19.3. The Labute approximate surface area is 62.4 Å². The Bertz CT molecular complexity index is 166. The molecule has 1 heterocycles. The highest BCUT2D eigenvalue weighted by Gasteiger charge is 2.49. The van der Waals surface area contributed by atoms with E-state index >= 15 is 0 Å². The van der Waals surface area contributed by atoms with E-state index in [0.717, 1.165) is 0 Å². The molecular weight excluding hydrogens is 156 g/mol. The lowest BCUT2D eigenvalue weighted by Crippen LogP contribution is -2.40. The molecule has 3 nitrogen and oxygen atoms in total. The molecule has 1 aliphatic rings. The molecule has 0 aromatic heterocycles. The minimum absolute atomic E-state index is 0.0139. The van der Waals surface area contributed by atoms with Gasteiger partial charge in [-0.1, -0.05) is 0 Å². The number of hydrogen-bond donors (Lipinski definition) is 2. The van der Waals surface area contributed by atoms with Crippen molar-refractivity contribution in [1.82, 2.24) is 5.32 Å². The van der Waals surface area contributed by atoms with Crippen molar-refractivity contribution >= 4 is 5.97 Å². The summed E-state index contributed by atoms with van der Waals surface area (Å²) in [4.78, 5) is 10.4. The third kappa shape index (κ3) is 1.20. The Balaban J connectivity index is 2.79. The molecule has 0 bridgehead atoms. The fourth-order valence-electron chi connectivity index (χ4n) is 1.17. The smallest absolute Gasteiger partial charge is 0.316 e. The summed E-state index contributed by atoms with van der Waals surface area (Å²) in [7, 11) is 0. The van der Waals surface area contributed by atoms with Crippen LogP contribution in [-0.4, -0.2) is 30.6 Å². The van der Waals surface area contributed by atoms with Crippen molar-refractivity contribution < 1.29 is 18.7 Å². The molecule has 0 aromatic rings. The van der Waals surface area contributed by atoms with Crippen molar-refractivity contribution in [3.8, 4) is 0 Å². The Kier molecular flexibility index (Phi) is 2.08. The first-order valence-electron chi connectivity index (χ1n) is 3.32. The van der Waals surface area contributed by atoms with E-state index < -0.39 is 17.8 Å². The second-order valence-corrected chi connectivity index (χ2v) is 2.69. The SMILES string of the molecule is O=C(O)C1(C(F)F)CCNC1. The van der Waals surface area contributed by atoms with Gasteiger partial charge >= 0.3 is 5.97 Å². The molecule has 11 heavy (non-hydrogen) atoms. The first-order valence-corrected chi connectivity index (χ1v) is 3.32. The van der Waals surface area contributed by atoms with Crippen molar-refractivity contribution in [2.45, 2.75) is 12.8 Å². The largest absolute Gasteiger partial charge is 0.481 e. The van der Waals surface area contributed by atoms with Crippen LogP contribution in [-0.2, 0) is 4.79 Å². The molecule has 0 aromatic carbocycles. The number of carboxylic acids is 1. The molecule has 1 saturated heterocycles. The van der Waals surface area contributed by atoms with Gasteiger partial charge in [0.05, 0.1) is 0 Å². The number of halogens is 2. The molecule has 0 spiro atoms. The first kappa shape index (κ1) is 8.39. The molecule has 0 aliphatic carbocycles.